The van der Waals surface area contributed by atoms with Crippen LogP contribution < -0.4 is 4.80 Å². The van der Waals surface area contributed by atoms with Crippen molar-refractivity contribution in [3.8, 4) is 0 Å². The third kappa shape index (κ3) is 4.52. The van der Waals surface area contributed by atoms with Gasteiger partial charge in [-0.2, -0.15) is 4.99 Å². The molecule has 0 aliphatic rings. The zero-order valence-corrected chi connectivity index (χ0v) is 16.1. The minimum Gasteiger partial charge on any atom is -0.380 e. The highest BCUT2D eigenvalue weighted by atomic mass is 32.1. The molecule has 0 aliphatic heterocycles. The molecular weight excluding hydrogens is 400 g/mol. The van der Waals surface area contributed by atoms with E-state index in [1.165, 1.54) is 41.7 Å². The van der Waals surface area contributed by atoms with Crippen LogP contribution in [0.1, 0.15) is 17.3 Å². The summed E-state index contributed by atoms with van der Waals surface area (Å²) in [5.74, 6) is -0.639. The van der Waals surface area contributed by atoms with Crippen LogP contribution in [-0.2, 0) is 11.3 Å². The second-order valence-electron chi connectivity index (χ2n) is 5.87. The molecule has 150 valence electrons. The summed E-state index contributed by atoms with van der Waals surface area (Å²) in [6, 6.07) is 9.73. The molecule has 1 aromatic heterocycles. The number of hydrogen-bond donors (Lipinski definition) is 0. The van der Waals surface area contributed by atoms with Crippen molar-refractivity contribution in [2.75, 3.05) is 13.2 Å². The van der Waals surface area contributed by atoms with Crippen LogP contribution >= 0.6 is 11.3 Å². The van der Waals surface area contributed by atoms with Gasteiger partial charge in [0, 0.05) is 43.0 Å². The van der Waals surface area contributed by atoms with Crippen molar-refractivity contribution in [1.29, 1.82) is 0 Å². The Hall–Kier alpha value is -3.44. The van der Waals surface area contributed by atoms with E-state index in [9.17, 15) is 25.0 Å². The van der Waals surface area contributed by atoms with Crippen LogP contribution in [0.15, 0.2) is 47.5 Å². The summed E-state index contributed by atoms with van der Waals surface area (Å²) in [6.45, 7) is 3.03. The van der Waals surface area contributed by atoms with Crippen LogP contribution in [0.2, 0.25) is 0 Å². The van der Waals surface area contributed by atoms with E-state index in [2.05, 4.69) is 4.99 Å². The number of rotatable bonds is 7. The smallest absolute Gasteiger partial charge is 0.279 e. The first-order valence-electron chi connectivity index (χ1n) is 8.59. The largest absolute Gasteiger partial charge is 0.380 e. The predicted molar refractivity (Wildman–Crippen MR) is 106 cm³/mol. The van der Waals surface area contributed by atoms with Crippen molar-refractivity contribution in [2.24, 2.45) is 4.99 Å². The molecule has 11 heteroatoms. The van der Waals surface area contributed by atoms with Crippen molar-refractivity contribution in [3.05, 3.63) is 73.1 Å². The lowest BCUT2D eigenvalue weighted by molar-refractivity contribution is -0.385. The van der Waals surface area contributed by atoms with Gasteiger partial charge < -0.3 is 9.30 Å². The zero-order valence-electron chi connectivity index (χ0n) is 15.3. The first-order valence-corrected chi connectivity index (χ1v) is 9.41. The van der Waals surface area contributed by atoms with E-state index in [1.807, 2.05) is 6.92 Å². The summed E-state index contributed by atoms with van der Waals surface area (Å²) < 4.78 is 7.77. The van der Waals surface area contributed by atoms with Crippen molar-refractivity contribution >= 4 is 38.8 Å². The SMILES string of the molecule is CCOCCn1c(=NC(=O)c2cccc([N+](=O)[O-])c2)sc2ccc([N+](=O)[O-])cc21. The Labute approximate surface area is 168 Å². The number of carbonyl (C=O) groups is 1. The normalized spacial score (nSPS) is 11.7. The molecule has 0 unspecified atom stereocenters. The van der Waals surface area contributed by atoms with Crippen LogP contribution in [0.3, 0.4) is 0 Å². The molecule has 3 aromatic rings. The van der Waals surface area contributed by atoms with Crippen molar-refractivity contribution in [3.63, 3.8) is 0 Å². The lowest BCUT2D eigenvalue weighted by atomic mass is 10.2. The number of fused-ring (bicyclic) bond motifs is 1. The number of nitro benzene ring substituents is 2. The molecule has 0 aliphatic carbocycles. The lowest BCUT2D eigenvalue weighted by Crippen LogP contribution is -2.19. The molecule has 0 N–H and O–H groups in total. The topological polar surface area (TPSA) is 130 Å². The molecule has 0 bridgehead atoms. The second-order valence-corrected chi connectivity index (χ2v) is 6.88. The van der Waals surface area contributed by atoms with Gasteiger partial charge in [0.25, 0.3) is 17.3 Å². The quantitative estimate of drug-likeness (QED) is 0.330. The Morgan fingerprint density at radius 3 is 2.55 bits per heavy atom. The lowest BCUT2D eigenvalue weighted by Gasteiger charge is -2.05. The summed E-state index contributed by atoms with van der Waals surface area (Å²) in [6.07, 6.45) is 0. The molecule has 1 heterocycles. The fraction of sp³-hybridized carbons (Fsp3) is 0.222. The first kappa shape index (κ1) is 20.3. The van der Waals surface area contributed by atoms with E-state index in [1.54, 1.807) is 10.6 Å². The van der Waals surface area contributed by atoms with Gasteiger partial charge in [-0.1, -0.05) is 17.4 Å². The van der Waals surface area contributed by atoms with E-state index in [-0.39, 0.29) is 16.9 Å². The van der Waals surface area contributed by atoms with E-state index < -0.39 is 15.8 Å². The summed E-state index contributed by atoms with van der Waals surface area (Å²) in [5.41, 5.74) is 0.368. The van der Waals surface area contributed by atoms with E-state index in [4.69, 9.17) is 4.74 Å². The summed E-state index contributed by atoms with van der Waals surface area (Å²) in [4.78, 5) is 38.0. The van der Waals surface area contributed by atoms with Crippen molar-refractivity contribution < 1.29 is 19.4 Å². The Bertz CT molecular complexity index is 1170. The molecule has 0 saturated heterocycles. The molecule has 2 aromatic carbocycles. The fourth-order valence-electron chi connectivity index (χ4n) is 2.68. The molecule has 1 amide bonds. The second kappa shape index (κ2) is 8.71. The molecular formula is C18H16N4O6S. The maximum Gasteiger partial charge on any atom is 0.279 e. The number of ether oxygens (including phenoxy) is 1. The molecule has 0 radical (unpaired) electrons. The number of carbonyl (C=O) groups excluding carboxylic acids is 1. The molecule has 29 heavy (non-hydrogen) atoms. The Morgan fingerprint density at radius 2 is 1.86 bits per heavy atom. The summed E-state index contributed by atoms with van der Waals surface area (Å²) >= 11 is 1.20. The first-order chi connectivity index (χ1) is 13.9. The molecule has 0 saturated carbocycles. The molecule has 10 nitrogen and oxygen atoms in total. The Balaban J connectivity index is 2.10. The highest BCUT2D eigenvalue weighted by Gasteiger charge is 2.15. The van der Waals surface area contributed by atoms with Gasteiger partial charge in [0.15, 0.2) is 4.80 Å². The number of thiazole rings is 1. The number of aromatic nitrogens is 1. The summed E-state index contributed by atoms with van der Waals surface area (Å²) in [7, 11) is 0. The molecule has 0 spiro atoms. The van der Waals surface area contributed by atoms with Crippen LogP contribution in [0.5, 0.6) is 0 Å². The van der Waals surface area contributed by atoms with Gasteiger partial charge >= 0.3 is 0 Å². The minimum atomic E-state index is -0.639. The number of nitro groups is 2. The average molecular weight is 416 g/mol. The molecule has 3 rings (SSSR count). The maximum absolute atomic E-state index is 12.6. The van der Waals surface area contributed by atoms with Gasteiger partial charge in [0.05, 0.1) is 26.7 Å². The van der Waals surface area contributed by atoms with E-state index >= 15 is 0 Å². The van der Waals surface area contributed by atoms with Crippen LogP contribution in [0.25, 0.3) is 10.2 Å². The average Bonchev–Trinajstić information content (AvgIpc) is 3.04. The third-order valence-corrected chi connectivity index (χ3v) is 5.10. The van der Waals surface area contributed by atoms with Crippen molar-refractivity contribution in [1.82, 2.24) is 4.57 Å². The standard InChI is InChI=1S/C18H16N4O6S/c1-2-28-9-8-20-15-11-14(22(26)27)6-7-16(15)29-18(20)19-17(23)12-4-3-5-13(10-12)21(24)25/h3-7,10-11H,2,8-9H2,1H3. The Kier molecular flexibility index (Phi) is 6.10. The highest BCUT2D eigenvalue weighted by molar-refractivity contribution is 7.16. The monoisotopic (exact) mass is 416 g/mol. The number of benzene rings is 2. The predicted octanol–water partition coefficient (Wildman–Crippen LogP) is 3.30. The van der Waals surface area contributed by atoms with Crippen LogP contribution in [0.4, 0.5) is 11.4 Å². The number of non-ortho nitro benzene ring substituents is 2. The Morgan fingerprint density at radius 1 is 1.14 bits per heavy atom. The number of amides is 1. The van der Waals surface area contributed by atoms with Gasteiger partial charge in [-0.25, -0.2) is 0 Å². The summed E-state index contributed by atoms with van der Waals surface area (Å²) in [5, 5.41) is 22.0. The van der Waals surface area contributed by atoms with Crippen LogP contribution in [0, 0.1) is 20.2 Å². The van der Waals surface area contributed by atoms with Gasteiger partial charge in [0.1, 0.15) is 0 Å². The fourth-order valence-corrected chi connectivity index (χ4v) is 3.71. The van der Waals surface area contributed by atoms with Gasteiger partial charge in [-0.05, 0) is 19.1 Å². The minimum absolute atomic E-state index is 0.0722. The maximum atomic E-state index is 12.6. The van der Waals surface area contributed by atoms with E-state index in [0.717, 1.165) is 10.8 Å². The zero-order chi connectivity index (χ0) is 21.0. The van der Waals surface area contributed by atoms with Gasteiger partial charge in [0.2, 0.25) is 0 Å². The van der Waals surface area contributed by atoms with E-state index in [0.29, 0.717) is 30.1 Å². The van der Waals surface area contributed by atoms with Gasteiger partial charge in [-0.15, -0.1) is 0 Å². The van der Waals surface area contributed by atoms with Crippen LogP contribution in [-0.4, -0.2) is 33.5 Å². The van der Waals surface area contributed by atoms with Crippen molar-refractivity contribution in [2.45, 2.75) is 13.5 Å². The third-order valence-electron chi connectivity index (χ3n) is 4.04. The molecule has 0 atom stereocenters. The number of hydrogen-bond acceptors (Lipinski definition) is 7. The molecule has 0 fully saturated rings. The van der Waals surface area contributed by atoms with Gasteiger partial charge in [-0.3, -0.25) is 25.0 Å². The highest BCUT2D eigenvalue weighted by Crippen LogP contribution is 2.23. The number of nitrogens with zero attached hydrogens (tertiary/aromatic N) is 4.